The first-order valence-electron chi connectivity index (χ1n) is 31.7. The van der Waals surface area contributed by atoms with Gasteiger partial charge in [0.1, 0.15) is 90.9 Å². The monoisotopic (exact) mass is 1240 g/mol. The first kappa shape index (κ1) is 69.7. The molecular formula is C65H110O22. The van der Waals surface area contributed by atoms with Crippen molar-refractivity contribution >= 4 is 5.97 Å². The zero-order chi connectivity index (χ0) is 63.2. The highest BCUT2D eigenvalue weighted by Gasteiger charge is 2.73. The van der Waals surface area contributed by atoms with E-state index in [1.807, 2.05) is 0 Å². The minimum absolute atomic E-state index is 0.0112. The van der Waals surface area contributed by atoms with Gasteiger partial charge in [-0.3, -0.25) is 4.79 Å². The van der Waals surface area contributed by atoms with Gasteiger partial charge < -0.3 is 99.5 Å². The summed E-state index contributed by atoms with van der Waals surface area (Å²) in [6.07, 6.45) is -2.70. The van der Waals surface area contributed by atoms with Crippen LogP contribution in [-0.4, -0.2) is 248 Å². The molecule has 0 aromatic carbocycles. The van der Waals surface area contributed by atoms with Gasteiger partial charge in [-0.2, -0.15) is 0 Å². The average molecular weight is 1240 g/mol. The van der Waals surface area contributed by atoms with E-state index in [2.05, 4.69) is 54.5 Å². The predicted octanol–water partition coefficient (Wildman–Crippen LogP) is 6.72. The van der Waals surface area contributed by atoms with E-state index in [9.17, 15) is 0 Å². The normalized spacial score (nSPS) is 47.8. The topological polar surface area (TPSA) is 211 Å². The summed E-state index contributed by atoms with van der Waals surface area (Å²) in [5, 5.41) is 0. The third-order valence-corrected chi connectivity index (χ3v) is 23.8. The van der Waals surface area contributed by atoms with Gasteiger partial charge in [-0.1, -0.05) is 60.1 Å². The molecule has 0 aromatic rings. The van der Waals surface area contributed by atoms with Crippen LogP contribution in [0.2, 0.25) is 0 Å². The van der Waals surface area contributed by atoms with E-state index < -0.39 is 116 Å². The van der Waals surface area contributed by atoms with Crippen LogP contribution < -0.4 is 0 Å². The maximum atomic E-state index is 16.0. The summed E-state index contributed by atoms with van der Waals surface area (Å²) in [6, 6.07) is 0. The van der Waals surface area contributed by atoms with Crippen molar-refractivity contribution in [2.24, 2.45) is 50.2 Å². The van der Waals surface area contributed by atoms with Crippen molar-refractivity contribution in [3.63, 3.8) is 0 Å². The van der Waals surface area contributed by atoms with Crippen molar-refractivity contribution in [3.05, 3.63) is 11.6 Å². The van der Waals surface area contributed by atoms with Crippen LogP contribution in [0.3, 0.4) is 0 Å². The van der Waals surface area contributed by atoms with Gasteiger partial charge in [-0.25, -0.2) is 0 Å². The molecule has 27 atom stereocenters. The molecule has 22 heteroatoms. The SMILES string of the molecule is COC[C@H]1O[C@@H](O[C@H]2[C@H](O[C@H]3CC[C@]4(C)[C@H]5CC=C6[C@@H]7CC(C)(C)CC[C@]7(C(=O)O[C@@H]7O[C@H](CO[C@@H]8OC[C@@H](OC)[C@H](OC)[C@H]8OC)[C@@H](OC)[C@H](OC)[C@H]7OC)[C@H](OC)C[C@@]6(C)[C@]5(C)CC[C@H]4C3(C)C)OC[C@H](OC)[C@@H]2OC)[C@H](OC)[C@@H](OC)[C@@H]1OC. The van der Waals surface area contributed by atoms with Crippen molar-refractivity contribution in [1.82, 2.24) is 0 Å². The maximum Gasteiger partial charge on any atom is 0.317 e. The molecule has 0 N–H and O–H groups in total. The number of fused-ring (bicyclic) bond motifs is 7. The molecule has 0 spiro atoms. The van der Waals surface area contributed by atoms with Crippen LogP contribution in [0.4, 0.5) is 0 Å². The lowest BCUT2D eigenvalue weighted by molar-refractivity contribution is -0.373. The Bertz CT molecular complexity index is 2270. The van der Waals surface area contributed by atoms with E-state index in [1.165, 1.54) is 5.57 Å². The van der Waals surface area contributed by atoms with Gasteiger partial charge in [0.15, 0.2) is 18.9 Å². The molecule has 0 radical (unpaired) electrons. The second-order valence-electron chi connectivity index (χ2n) is 28.3. The van der Waals surface area contributed by atoms with E-state index in [1.54, 1.807) is 92.4 Å². The smallest absolute Gasteiger partial charge is 0.317 e. The zero-order valence-electron chi connectivity index (χ0n) is 56.0. The van der Waals surface area contributed by atoms with Gasteiger partial charge >= 0.3 is 5.97 Å². The second-order valence-corrected chi connectivity index (χ2v) is 28.3. The largest absolute Gasteiger partial charge is 0.432 e. The number of rotatable bonds is 23. The van der Waals surface area contributed by atoms with E-state index in [-0.39, 0.29) is 77.6 Å². The highest BCUT2D eigenvalue weighted by molar-refractivity contribution is 5.80. The molecule has 0 aromatic heterocycles. The zero-order valence-corrected chi connectivity index (χ0v) is 56.0. The van der Waals surface area contributed by atoms with Crippen LogP contribution in [-0.2, 0) is 104 Å². The van der Waals surface area contributed by atoms with Gasteiger partial charge in [0, 0.05) is 92.4 Å². The fourth-order valence-electron chi connectivity index (χ4n) is 19.0. The third kappa shape index (κ3) is 12.1. The third-order valence-electron chi connectivity index (χ3n) is 23.8. The van der Waals surface area contributed by atoms with Crippen LogP contribution in [0.1, 0.15) is 106 Å². The first-order chi connectivity index (χ1) is 41.5. The molecule has 22 nitrogen and oxygen atoms in total. The molecule has 87 heavy (non-hydrogen) atoms. The summed E-state index contributed by atoms with van der Waals surface area (Å²) in [6.45, 7) is 17.8. The Balaban J connectivity index is 0.971. The van der Waals surface area contributed by atoms with E-state index in [4.69, 9.17) is 99.5 Å². The predicted molar refractivity (Wildman–Crippen MR) is 314 cm³/mol. The Morgan fingerprint density at radius 1 is 0.494 bits per heavy atom. The standard InChI is InChI=1S/C65H110O22/c1-60(2)27-28-65(59(66)87-58-53(79-20)50(76-17)48(74-15)40(84-58)34-81-55-51(77-18)45(71-12)37(68-9)32-80-55)36(29-60)35-21-22-42-62(5)25-24-43(61(3,4)41(62)23-26-63(42,6)64(35,7)30-44(65)70-11)85-56-54(46(72-13)38(69-10)33-82-56)86-57-52(78-19)49(75-16)47(73-14)39(83-57)31-67-8/h21,36-58H,22-34H2,1-20H3/t36-,37+,38-,39+,40+,41-,42+,43-,44+,45-,46-,47+,48+,49-,50-,51+,52+,53+,54+,55-,56-,57-,58-,62-,63+,64+,65+/m0/s1. The number of hydrogen-bond donors (Lipinski definition) is 0. The molecule has 9 rings (SSSR count). The Kier molecular flexibility index (Phi) is 22.6. The summed E-state index contributed by atoms with van der Waals surface area (Å²) in [7, 11) is 21.1. The van der Waals surface area contributed by atoms with Gasteiger partial charge in [0.2, 0.25) is 6.29 Å². The molecule has 4 saturated heterocycles. The van der Waals surface area contributed by atoms with E-state index >= 15 is 4.79 Å². The van der Waals surface area contributed by atoms with Crippen molar-refractivity contribution in [2.45, 2.75) is 229 Å². The summed E-state index contributed by atoms with van der Waals surface area (Å²) >= 11 is 0. The van der Waals surface area contributed by atoms with Crippen molar-refractivity contribution in [2.75, 3.05) is 119 Å². The molecule has 502 valence electrons. The van der Waals surface area contributed by atoms with Crippen LogP contribution in [0.5, 0.6) is 0 Å². The quantitative estimate of drug-likeness (QED) is 0.0591. The summed E-state index contributed by atoms with van der Waals surface area (Å²) < 4.78 is 132. The molecule has 8 fully saturated rings. The lowest BCUT2D eigenvalue weighted by atomic mass is 9.33. The highest BCUT2D eigenvalue weighted by atomic mass is 16.8. The molecule has 4 aliphatic heterocycles. The number of allylic oxidation sites excluding steroid dienone is 2. The van der Waals surface area contributed by atoms with Gasteiger partial charge in [0.05, 0.1) is 38.6 Å². The molecule has 4 saturated carbocycles. The molecule has 0 unspecified atom stereocenters. The lowest BCUT2D eigenvalue weighted by Crippen LogP contribution is -2.69. The number of methoxy groups -OCH3 is 13. The van der Waals surface area contributed by atoms with Gasteiger partial charge in [-0.05, 0) is 103 Å². The van der Waals surface area contributed by atoms with E-state index in [0.29, 0.717) is 24.7 Å². The first-order valence-corrected chi connectivity index (χ1v) is 31.7. The second kappa shape index (κ2) is 28.2. The average Bonchev–Trinajstić information content (AvgIpc) is 0.691. The number of carbonyl (C=O) groups is 1. The minimum Gasteiger partial charge on any atom is -0.432 e. The summed E-state index contributed by atoms with van der Waals surface area (Å²) in [5.41, 5.74) is -0.538. The van der Waals surface area contributed by atoms with Crippen LogP contribution >= 0.6 is 0 Å². The van der Waals surface area contributed by atoms with Crippen molar-refractivity contribution < 1.29 is 104 Å². The number of esters is 1. The van der Waals surface area contributed by atoms with E-state index in [0.717, 1.165) is 44.9 Å². The Labute approximate surface area is 518 Å². The number of hydrogen-bond acceptors (Lipinski definition) is 22. The van der Waals surface area contributed by atoms with Crippen LogP contribution in [0.15, 0.2) is 11.6 Å². The molecule has 4 heterocycles. The number of carbonyl (C=O) groups excluding carboxylic acids is 1. The van der Waals surface area contributed by atoms with Gasteiger partial charge in [0.25, 0.3) is 0 Å². The van der Waals surface area contributed by atoms with Crippen molar-refractivity contribution in [3.8, 4) is 0 Å². The summed E-state index contributed by atoms with van der Waals surface area (Å²) in [4.78, 5) is 16.0. The highest BCUT2D eigenvalue weighted by Crippen LogP contribution is 2.76. The minimum atomic E-state index is -1.18. The molecule has 0 bridgehead atoms. The number of ether oxygens (including phenoxy) is 21. The summed E-state index contributed by atoms with van der Waals surface area (Å²) in [5.74, 6) is 0.100. The molecule has 9 aliphatic rings. The van der Waals surface area contributed by atoms with Gasteiger partial charge in [-0.15, -0.1) is 0 Å². The fourth-order valence-corrected chi connectivity index (χ4v) is 19.0. The van der Waals surface area contributed by atoms with Crippen LogP contribution in [0, 0.1) is 50.2 Å². The van der Waals surface area contributed by atoms with Crippen molar-refractivity contribution in [1.29, 1.82) is 0 Å². The lowest BCUT2D eigenvalue weighted by Gasteiger charge is -2.72. The fraction of sp³-hybridized carbons (Fsp3) is 0.954. The molecule has 0 amide bonds. The molecule has 5 aliphatic carbocycles. The Morgan fingerprint density at radius 2 is 1.03 bits per heavy atom. The Morgan fingerprint density at radius 3 is 1.60 bits per heavy atom. The molecular weight excluding hydrogens is 1130 g/mol. The Hall–Kier alpha value is -1.59. The van der Waals surface area contributed by atoms with Crippen LogP contribution in [0.25, 0.3) is 0 Å². The maximum absolute atomic E-state index is 16.0.